The molecule has 0 aliphatic carbocycles. The third-order valence-electron chi connectivity index (χ3n) is 2.58. The molecule has 0 N–H and O–H groups in total. The second-order valence-electron chi connectivity index (χ2n) is 4.53. The van der Waals surface area contributed by atoms with E-state index >= 15 is 0 Å². The lowest BCUT2D eigenvalue weighted by Gasteiger charge is -2.20. The van der Waals surface area contributed by atoms with Crippen LogP contribution in [0.1, 0.15) is 20.3 Å². The van der Waals surface area contributed by atoms with E-state index in [-0.39, 0.29) is 5.28 Å². The minimum atomic E-state index is 0.138. The minimum Gasteiger partial charge on any atom is -0.353 e. The fraction of sp³-hybridized carbons (Fsp3) is 0.667. The number of hydrogen-bond donors (Lipinski definition) is 0. The molecule has 0 bridgehead atoms. The van der Waals surface area contributed by atoms with Gasteiger partial charge in [-0.15, -0.1) is 10.2 Å². The van der Waals surface area contributed by atoms with E-state index in [0.29, 0.717) is 16.4 Å². The van der Waals surface area contributed by atoms with Crippen LogP contribution in [0, 0.1) is 5.41 Å². The van der Waals surface area contributed by atoms with Crippen molar-refractivity contribution < 1.29 is 0 Å². The van der Waals surface area contributed by atoms with Gasteiger partial charge in [-0.1, -0.05) is 25.4 Å². The maximum absolute atomic E-state index is 5.93. The van der Waals surface area contributed by atoms with Crippen LogP contribution in [0.5, 0.6) is 0 Å². The van der Waals surface area contributed by atoms with Gasteiger partial charge in [-0.05, 0) is 23.4 Å². The molecule has 4 nitrogen and oxygen atoms in total. The second-order valence-corrected chi connectivity index (χ2v) is 5.23. The maximum atomic E-state index is 5.93. The summed E-state index contributed by atoms with van der Waals surface area (Å²) in [7, 11) is 0. The lowest BCUT2D eigenvalue weighted by atomic mass is 9.93. The van der Waals surface area contributed by atoms with Crippen LogP contribution in [0.15, 0.2) is 0 Å². The summed E-state index contributed by atoms with van der Waals surface area (Å²) in [6.07, 6.45) is 1.12. The molecule has 0 saturated carbocycles. The average Bonchev–Trinajstić information content (AvgIpc) is 2.50. The van der Waals surface area contributed by atoms with Gasteiger partial charge < -0.3 is 4.90 Å². The summed E-state index contributed by atoms with van der Waals surface area (Å²) >= 11 is 11.6. The van der Waals surface area contributed by atoms with E-state index in [4.69, 9.17) is 23.2 Å². The molecule has 2 heterocycles. The highest BCUT2D eigenvalue weighted by Gasteiger charge is 2.31. The van der Waals surface area contributed by atoms with E-state index < -0.39 is 0 Å². The molecule has 0 spiro atoms. The van der Waals surface area contributed by atoms with Gasteiger partial charge in [-0.3, -0.25) is 0 Å². The largest absolute Gasteiger partial charge is 0.353 e. The maximum Gasteiger partial charge on any atom is 0.245 e. The number of aromatic nitrogens is 3. The van der Waals surface area contributed by atoms with Crippen molar-refractivity contribution in [2.24, 2.45) is 5.41 Å². The van der Waals surface area contributed by atoms with Gasteiger partial charge in [0, 0.05) is 13.1 Å². The van der Waals surface area contributed by atoms with Crippen molar-refractivity contribution in [3.63, 3.8) is 0 Å². The second kappa shape index (κ2) is 3.76. The zero-order chi connectivity index (χ0) is 11.1. The van der Waals surface area contributed by atoms with E-state index in [1.54, 1.807) is 0 Å². The van der Waals surface area contributed by atoms with Gasteiger partial charge in [0.2, 0.25) is 5.28 Å². The first-order chi connectivity index (χ1) is 6.98. The molecule has 2 rings (SSSR count). The predicted molar refractivity (Wildman–Crippen MR) is 60.5 cm³/mol. The van der Waals surface area contributed by atoms with Crippen molar-refractivity contribution in [3.8, 4) is 0 Å². The van der Waals surface area contributed by atoms with Crippen molar-refractivity contribution in [3.05, 3.63) is 10.4 Å². The quantitative estimate of drug-likeness (QED) is 0.764. The Morgan fingerprint density at radius 2 is 2.00 bits per heavy atom. The standard InChI is InChI=1S/C9H12Cl2N4/c1-9(2)3-4-15(5-9)7-6(10)13-14-8(11)12-7/h3-5H2,1-2H3. The van der Waals surface area contributed by atoms with Gasteiger partial charge in [0.15, 0.2) is 11.0 Å². The minimum absolute atomic E-state index is 0.138. The van der Waals surface area contributed by atoms with Gasteiger partial charge in [0.05, 0.1) is 0 Å². The summed E-state index contributed by atoms with van der Waals surface area (Å²) in [5.74, 6) is 0.641. The van der Waals surface area contributed by atoms with E-state index in [9.17, 15) is 0 Å². The Labute approximate surface area is 98.6 Å². The highest BCUT2D eigenvalue weighted by Crippen LogP contribution is 2.33. The molecule has 0 radical (unpaired) electrons. The van der Waals surface area contributed by atoms with Crippen LogP contribution < -0.4 is 4.90 Å². The Morgan fingerprint density at radius 3 is 2.60 bits per heavy atom. The van der Waals surface area contributed by atoms with Crippen molar-refractivity contribution in [2.45, 2.75) is 20.3 Å². The fourth-order valence-corrected chi connectivity index (χ4v) is 2.10. The number of halogens is 2. The molecule has 1 aromatic heterocycles. The summed E-state index contributed by atoms with van der Waals surface area (Å²) in [4.78, 5) is 6.21. The van der Waals surface area contributed by atoms with Gasteiger partial charge in [0.1, 0.15) is 0 Å². The normalized spacial score (nSPS) is 19.6. The fourth-order valence-electron chi connectivity index (χ4n) is 1.78. The molecule has 15 heavy (non-hydrogen) atoms. The van der Waals surface area contributed by atoms with Crippen LogP contribution >= 0.6 is 23.2 Å². The first-order valence-corrected chi connectivity index (χ1v) is 5.54. The van der Waals surface area contributed by atoms with E-state index in [1.807, 2.05) is 0 Å². The topological polar surface area (TPSA) is 41.9 Å². The van der Waals surface area contributed by atoms with Crippen molar-refractivity contribution in [2.75, 3.05) is 18.0 Å². The highest BCUT2D eigenvalue weighted by atomic mass is 35.5. The van der Waals surface area contributed by atoms with E-state index in [0.717, 1.165) is 19.5 Å². The van der Waals surface area contributed by atoms with Crippen molar-refractivity contribution >= 4 is 29.0 Å². The predicted octanol–water partition coefficient (Wildman–Crippen LogP) is 2.41. The lowest BCUT2D eigenvalue weighted by molar-refractivity contribution is 0.418. The van der Waals surface area contributed by atoms with Gasteiger partial charge in [-0.2, -0.15) is 4.98 Å². The van der Waals surface area contributed by atoms with Crippen LogP contribution in [-0.2, 0) is 0 Å². The Balaban J connectivity index is 2.27. The number of rotatable bonds is 1. The molecule has 1 saturated heterocycles. The molecule has 82 valence electrons. The lowest BCUT2D eigenvalue weighted by Crippen LogP contribution is -2.24. The SMILES string of the molecule is CC1(C)CCN(c2nc(Cl)nnc2Cl)C1. The molecule has 0 amide bonds. The molecule has 6 heteroatoms. The number of hydrogen-bond acceptors (Lipinski definition) is 4. The first-order valence-electron chi connectivity index (χ1n) is 4.79. The van der Waals surface area contributed by atoms with Crippen LogP contribution in [-0.4, -0.2) is 28.3 Å². The summed E-state index contributed by atoms with van der Waals surface area (Å²) in [5, 5.41) is 7.80. The Kier molecular flexibility index (Phi) is 2.73. The number of nitrogens with zero attached hydrogens (tertiary/aromatic N) is 4. The Bertz CT molecular complexity index is 380. The van der Waals surface area contributed by atoms with Crippen LogP contribution in [0.4, 0.5) is 5.82 Å². The van der Waals surface area contributed by atoms with E-state index in [1.165, 1.54) is 0 Å². The van der Waals surface area contributed by atoms with E-state index in [2.05, 4.69) is 33.9 Å². The molecule has 1 fully saturated rings. The van der Waals surface area contributed by atoms with Crippen molar-refractivity contribution in [1.82, 2.24) is 15.2 Å². The van der Waals surface area contributed by atoms with Crippen LogP contribution in [0.3, 0.4) is 0 Å². The smallest absolute Gasteiger partial charge is 0.245 e. The molecule has 0 aromatic carbocycles. The van der Waals surface area contributed by atoms with Crippen molar-refractivity contribution in [1.29, 1.82) is 0 Å². The molecule has 1 aromatic rings. The molecular weight excluding hydrogens is 235 g/mol. The Hall–Kier alpha value is -0.610. The molecule has 1 aliphatic rings. The summed E-state index contributed by atoms with van der Waals surface area (Å²) < 4.78 is 0. The summed E-state index contributed by atoms with van der Waals surface area (Å²) in [6.45, 7) is 6.29. The zero-order valence-electron chi connectivity index (χ0n) is 8.67. The summed E-state index contributed by atoms with van der Waals surface area (Å²) in [6, 6.07) is 0. The van der Waals surface area contributed by atoms with Gasteiger partial charge >= 0.3 is 0 Å². The molecule has 0 atom stereocenters. The number of anilines is 1. The van der Waals surface area contributed by atoms with Crippen LogP contribution in [0.2, 0.25) is 10.4 Å². The summed E-state index contributed by atoms with van der Waals surface area (Å²) in [5.41, 5.74) is 0.292. The highest BCUT2D eigenvalue weighted by molar-refractivity contribution is 6.32. The Morgan fingerprint density at radius 1 is 1.27 bits per heavy atom. The molecule has 1 aliphatic heterocycles. The monoisotopic (exact) mass is 246 g/mol. The van der Waals surface area contributed by atoms with Gasteiger partial charge in [0.25, 0.3) is 0 Å². The molecule has 0 unspecified atom stereocenters. The van der Waals surface area contributed by atoms with Crippen LogP contribution in [0.25, 0.3) is 0 Å². The molecular formula is C9H12Cl2N4. The zero-order valence-corrected chi connectivity index (χ0v) is 10.2. The van der Waals surface area contributed by atoms with Gasteiger partial charge in [-0.25, -0.2) is 0 Å². The average molecular weight is 247 g/mol. The third-order valence-corrected chi connectivity index (χ3v) is 2.98. The third kappa shape index (κ3) is 2.32. The first kappa shape index (κ1) is 10.9.